The number of nitrogens with zero attached hydrogens (tertiary/aromatic N) is 2. The van der Waals surface area contributed by atoms with E-state index in [2.05, 4.69) is 4.74 Å². The molecule has 1 amide bonds. The Labute approximate surface area is 161 Å². The first-order valence-corrected chi connectivity index (χ1v) is 9.41. The molecule has 0 radical (unpaired) electrons. The van der Waals surface area contributed by atoms with Crippen molar-refractivity contribution in [1.82, 2.24) is 4.90 Å². The number of carbonyl (C=O) groups is 2. The predicted molar refractivity (Wildman–Crippen MR) is 103 cm³/mol. The van der Waals surface area contributed by atoms with Crippen LogP contribution in [0.2, 0.25) is 0 Å². The van der Waals surface area contributed by atoms with Crippen LogP contribution in [-0.2, 0) is 16.1 Å². The molecule has 0 fully saturated rings. The van der Waals surface area contributed by atoms with E-state index in [4.69, 9.17) is 0 Å². The molecule has 0 saturated carbocycles. The van der Waals surface area contributed by atoms with E-state index in [1.807, 2.05) is 36.6 Å². The van der Waals surface area contributed by atoms with E-state index in [-0.39, 0.29) is 30.8 Å². The van der Waals surface area contributed by atoms with Crippen LogP contribution >= 0.6 is 11.8 Å². The summed E-state index contributed by atoms with van der Waals surface area (Å²) in [5.74, 6) is -0.946. The molecular formula is C19H20N2O5S. The lowest BCUT2D eigenvalue weighted by Crippen LogP contribution is -2.33. The van der Waals surface area contributed by atoms with Gasteiger partial charge in [0.05, 0.1) is 18.5 Å². The molecule has 2 rings (SSSR count). The van der Waals surface area contributed by atoms with Crippen molar-refractivity contribution in [2.75, 3.05) is 19.9 Å². The van der Waals surface area contributed by atoms with Crippen molar-refractivity contribution in [3.8, 4) is 0 Å². The molecule has 0 aliphatic heterocycles. The third-order valence-corrected chi connectivity index (χ3v) is 4.67. The molecule has 2 aromatic rings. The van der Waals surface area contributed by atoms with Crippen LogP contribution in [0.25, 0.3) is 0 Å². The molecule has 2 aromatic carbocycles. The SMILES string of the molecule is COC(=O)CCN(Cc1ccccc1)C(=O)c1cc(SC)ccc1[N+](=O)[O-]. The number of esters is 1. The minimum absolute atomic E-state index is 0.00505. The summed E-state index contributed by atoms with van der Waals surface area (Å²) in [5, 5.41) is 11.4. The lowest BCUT2D eigenvalue weighted by Gasteiger charge is -2.22. The van der Waals surface area contributed by atoms with Crippen molar-refractivity contribution >= 4 is 29.3 Å². The van der Waals surface area contributed by atoms with Crippen LogP contribution in [0.15, 0.2) is 53.4 Å². The van der Waals surface area contributed by atoms with Gasteiger partial charge >= 0.3 is 5.97 Å². The molecular weight excluding hydrogens is 368 g/mol. The number of benzene rings is 2. The highest BCUT2D eigenvalue weighted by atomic mass is 32.2. The summed E-state index contributed by atoms with van der Waals surface area (Å²) >= 11 is 1.39. The molecule has 0 atom stereocenters. The Morgan fingerprint density at radius 3 is 2.48 bits per heavy atom. The Kier molecular flexibility index (Phi) is 7.36. The molecule has 0 aliphatic carbocycles. The standard InChI is InChI=1S/C19H20N2O5S/c1-26-18(22)10-11-20(13-14-6-4-3-5-7-14)19(23)16-12-15(27-2)8-9-17(16)21(24)25/h3-9,12H,10-11,13H2,1-2H3. The summed E-state index contributed by atoms with van der Waals surface area (Å²) in [5.41, 5.74) is 0.612. The third-order valence-electron chi connectivity index (χ3n) is 3.95. The van der Waals surface area contributed by atoms with Crippen LogP contribution in [0.4, 0.5) is 5.69 Å². The van der Waals surface area contributed by atoms with Crippen molar-refractivity contribution in [2.45, 2.75) is 17.9 Å². The summed E-state index contributed by atoms with van der Waals surface area (Å²) in [6, 6.07) is 13.7. The summed E-state index contributed by atoms with van der Waals surface area (Å²) in [6.45, 7) is 0.332. The number of nitro groups is 1. The van der Waals surface area contributed by atoms with Gasteiger partial charge in [0.25, 0.3) is 11.6 Å². The van der Waals surface area contributed by atoms with Crippen LogP contribution in [0, 0.1) is 10.1 Å². The fraction of sp³-hybridized carbons (Fsp3) is 0.263. The third kappa shape index (κ3) is 5.55. The fourth-order valence-corrected chi connectivity index (χ4v) is 2.97. The van der Waals surface area contributed by atoms with Gasteiger partial charge < -0.3 is 9.64 Å². The first-order valence-electron chi connectivity index (χ1n) is 8.18. The van der Waals surface area contributed by atoms with E-state index in [9.17, 15) is 19.7 Å². The van der Waals surface area contributed by atoms with Gasteiger partial charge in [0.1, 0.15) is 5.56 Å². The molecule has 0 spiro atoms. The van der Waals surface area contributed by atoms with Crippen molar-refractivity contribution in [3.05, 3.63) is 69.8 Å². The number of rotatable bonds is 8. The Hall–Kier alpha value is -2.87. The van der Waals surface area contributed by atoms with E-state index in [1.165, 1.54) is 35.9 Å². The zero-order valence-corrected chi connectivity index (χ0v) is 15.9. The van der Waals surface area contributed by atoms with E-state index in [0.717, 1.165) is 10.5 Å². The first kappa shape index (κ1) is 20.4. The number of hydrogen-bond acceptors (Lipinski definition) is 6. The molecule has 0 aromatic heterocycles. The van der Waals surface area contributed by atoms with Crippen molar-refractivity contribution in [1.29, 1.82) is 0 Å². The van der Waals surface area contributed by atoms with Crippen LogP contribution in [0.1, 0.15) is 22.3 Å². The van der Waals surface area contributed by atoms with E-state index in [1.54, 1.807) is 6.07 Å². The van der Waals surface area contributed by atoms with E-state index >= 15 is 0 Å². The van der Waals surface area contributed by atoms with Gasteiger partial charge in [-0.1, -0.05) is 30.3 Å². The van der Waals surface area contributed by atoms with Gasteiger partial charge in [-0.3, -0.25) is 19.7 Å². The smallest absolute Gasteiger partial charge is 0.307 e. The molecule has 0 aliphatic rings. The minimum atomic E-state index is -0.571. The molecule has 142 valence electrons. The number of amides is 1. The topological polar surface area (TPSA) is 89.8 Å². The number of nitro benzene ring substituents is 1. The zero-order chi connectivity index (χ0) is 19.8. The summed E-state index contributed by atoms with van der Waals surface area (Å²) in [4.78, 5) is 37.6. The average molecular weight is 388 g/mol. The normalized spacial score (nSPS) is 10.3. The van der Waals surface area contributed by atoms with Gasteiger partial charge in [0.15, 0.2) is 0 Å². The minimum Gasteiger partial charge on any atom is -0.469 e. The Morgan fingerprint density at radius 2 is 1.89 bits per heavy atom. The maximum Gasteiger partial charge on any atom is 0.307 e. The molecule has 7 nitrogen and oxygen atoms in total. The molecule has 0 N–H and O–H groups in total. The van der Waals surface area contributed by atoms with Gasteiger partial charge in [0.2, 0.25) is 0 Å². The molecule has 0 heterocycles. The van der Waals surface area contributed by atoms with E-state index in [0.29, 0.717) is 0 Å². The maximum atomic E-state index is 13.1. The molecule has 8 heteroatoms. The summed E-state index contributed by atoms with van der Waals surface area (Å²) < 4.78 is 4.65. The second kappa shape index (κ2) is 9.72. The monoisotopic (exact) mass is 388 g/mol. The zero-order valence-electron chi connectivity index (χ0n) is 15.1. The Bertz CT molecular complexity index is 826. The molecule has 0 saturated heterocycles. The van der Waals surface area contributed by atoms with Crippen molar-refractivity contribution in [3.63, 3.8) is 0 Å². The van der Waals surface area contributed by atoms with Gasteiger partial charge in [-0.2, -0.15) is 0 Å². The average Bonchev–Trinajstić information content (AvgIpc) is 2.70. The van der Waals surface area contributed by atoms with Gasteiger partial charge in [-0.05, 0) is 24.0 Å². The van der Waals surface area contributed by atoms with Gasteiger partial charge in [-0.25, -0.2) is 0 Å². The fourth-order valence-electron chi connectivity index (χ4n) is 2.53. The number of carbonyl (C=O) groups excluding carboxylic acids is 2. The highest BCUT2D eigenvalue weighted by Gasteiger charge is 2.26. The number of ether oxygens (including phenoxy) is 1. The van der Waals surface area contributed by atoms with Crippen LogP contribution < -0.4 is 0 Å². The lowest BCUT2D eigenvalue weighted by atomic mass is 10.1. The van der Waals surface area contributed by atoms with E-state index < -0.39 is 16.8 Å². The summed E-state index contributed by atoms with van der Waals surface area (Å²) in [6.07, 6.45) is 1.83. The highest BCUT2D eigenvalue weighted by molar-refractivity contribution is 7.98. The molecule has 27 heavy (non-hydrogen) atoms. The second-order valence-corrected chi connectivity index (χ2v) is 6.56. The number of hydrogen-bond donors (Lipinski definition) is 0. The van der Waals surface area contributed by atoms with Crippen molar-refractivity contribution < 1.29 is 19.2 Å². The predicted octanol–water partition coefficient (Wildman–Crippen LogP) is 3.52. The Balaban J connectivity index is 2.37. The largest absolute Gasteiger partial charge is 0.469 e. The lowest BCUT2D eigenvalue weighted by molar-refractivity contribution is -0.385. The van der Waals surface area contributed by atoms with Crippen molar-refractivity contribution in [2.24, 2.45) is 0 Å². The summed E-state index contributed by atoms with van der Waals surface area (Å²) in [7, 11) is 1.28. The number of thioether (sulfide) groups is 1. The van der Waals surface area contributed by atoms with Crippen LogP contribution in [0.5, 0.6) is 0 Å². The molecule has 0 unspecified atom stereocenters. The maximum absolute atomic E-state index is 13.1. The quantitative estimate of drug-likeness (QED) is 0.297. The van der Waals surface area contributed by atoms with Gasteiger partial charge in [-0.15, -0.1) is 11.8 Å². The van der Waals surface area contributed by atoms with Gasteiger partial charge in [0, 0.05) is 24.1 Å². The number of methoxy groups -OCH3 is 1. The molecule has 0 bridgehead atoms. The second-order valence-electron chi connectivity index (χ2n) is 5.68. The highest BCUT2D eigenvalue weighted by Crippen LogP contribution is 2.26. The van der Waals surface area contributed by atoms with Crippen LogP contribution in [0.3, 0.4) is 0 Å². The Morgan fingerprint density at radius 1 is 1.19 bits per heavy atom. The van der Waals surface area contributed by atoms with Crippen LogP contribution in [-0.4, -0.2) is 41.6 Å². The first-order chi connectivity index (χ1) is 13.0.